The number of nitrogens with zero attached hydrogens (tertiary/aromatic N) is 3. The normalized spacial score (nSPS) is 19.9. The molecule has 0 saturated heterocycles. The van der Waals surface area contributed by atoms with Crippen molar-refractivity contribution < 1.29 is 14.6 Å². The van der Waals surface area contributed by atoms with E-state index in [-0.39, 0.29) is 23.6 Å². The Morgan fingerprint density at radius 2 is 1.83 bits per heavy atom. The summed E-state index contributed by atoms with van der Waals surface area (Å²) in [6.45, 7) is 4.94. The van der Waals surface area contributed by atoms with Gasteiger partial charge in [-0.25, -0.2) is 0 Å². The Labute approximate surface area is 212 Å². The van der Waals surface area contributed by atoms with E-state index in [2.05, 4.69) is 24.3 Å². The number of aliphatic hydroxyl groups excluding tert-OH is 1. The number of hydrogen-bond donors (Lipinski definition) is 2. The molecule has 8 nitrogen and oxygen atoms in total. The number of methoxy groups -OCH3 is 2. The monoisotopic (exact) mass is 494 g/mol. The van der Waals surface area contributed by atoms with Crippen LogP contribution in [0, 0.1) is 5.92 Å². The number of ether oxygens (including phenoxy) is 2. The van der Waals surface area contributed by atoms with Crippen LogP contribution < -0.4 is 20.3 Å². The highest BCUT2D eigenvalue weighted by molar-refractivity contribution is 5.65. The molecule has 4 rings (SSSR count). The third-order valence-corrected chi connectivity index (χ3v) is 7.29. The molecule has 2 aromatic heterocycles. The summed E-state index contributed by atoms with van der Waals surface area (Å²) >= 11 is 0. The molecule has 1 aliphatic carbocycles. The molecular formula is C28H38N4O4. The van der Waals surface area contributed by atoms with Gasteiger partial charge in [0.15, 0.2) is 11.5 Å². The van der Waals surface area contributed by atoms with Crippen LogP contribution in [0.2, 0.25) is 0 Å². The first-order valence-corrected chi connectivity index (χ1v) is 12.6. The maximum absolute atomic E-state index is 13.3. The van der Waals surface area contributed by atoms with E-state index in [1.807, 2.05) is 49.9 Å². The van der Waals surface area contributed by atoms with Crippen molar-refractivity contribution in [1.82, 2.24) is 14.3 Å². The Balaban J connectivity index is 1.56. The van der Waals surface area contributed by atoms with E-state index in [9.17, 15) is 9.90 Å². The summed E-state index contributed by atoms with van der Waals surface area (Å²) in [5.41, 5.74) is 3.28. The zero-order chi connectivity index (χ0) is 25.9. The van der Waals surface area contributed by atoms with Gasteiger partial charge in [0.1, 0.15) is 5.69 Å². The van der Waals surface area contributed by atoms with Crippen molar-refractivity contribution in [2.75, 3.05) is 26.1 Å². The quantitative estimate of drug-likeness (QED) is 0.463. The van der Waals surface area contributed by atoms with E-state index in [1.165, 1.54) is 0 Å². The van der Waals surface area contributed by atoms with Gasteiger partial charge < -0.3 is 24.5 Å². The van der Waals surface area contributed by atoms with Gasteiger partial charge >= 0.3 is 0 Å². The van der Waals surface area contributed by atoms with E-state index in [0.717, 1.165) is 42.4 Å². The first-order valence-electron chi connectivity index (χ1n) is 12.6. The molecule has 2 heterocycles. The third kappa shape index (κ3) is 5.28. The minimum absolute atomic E-state index is 0.00442. The largest absolute Gasteiger partial charge is 0.493 e. The van der Waals surface area contributed by atoms with Crippen LogP contribution in [0.1, 0.15) is 45.1 Å². The van der Waals surface area contributed by atoms with Gasteiger partial charge in [-0.05, 0) is 55.4 Å². The number of anilines is 1. The van der Waals surface area contributed by atoms with Crippen LogP contribution in [-0.2, 0) is 19.0 Å². The molecule has 1 fully saturated rings. The molecule has 8 heteroatoms. The molecule has 0 unspecified atom stereocenters. The minimum atomic E-state index is -0.340. The number of aliphatic hydroxyl groups is 1. The predicted octanol–water partition coefficient (Wildman–Crippen LogP) is 4.21. The number of pyridine rings is 1. The number of benzene rings is 1. The molecule has 1 aromatic carbocycles. The highest BCUT2D eigenvalue weighted by atomic mass is 16.5. The van der Waals surface area contributed by atoms with Gasteiger partial charge in [-0.15, -0.1) is 0 Å². The SMILES string of the molecule is COc1ccc(C2(CO)CCC(Nc3cc(-c4cnn(C)c4)cn(CC(C)C)c3=O)CC2)cc1OC. The zero-order valence-corrected chi connectivity index (χ0v) is 22.0. The first-order chi connectivity index (χ1) is 17.3. The van der Waals surface area contributed by atoms with Gasteiger partial charge in [0.2, 0.25) is 0 Å². The molecule has 1 saturated carbocycles. The molecule has 0 amide bonds. The second kappa shape index (κ2) is 10.8. The third-order valence-electron chi connectivity index (χ3n) is 7.29. The molecule has 0 radical (unpaired) electrons. The summed E-state index contributed by atoms with van der Waals surface area (Å²) in [5.74, 6) is 1.69. The molecule has 194 valence electrons. The summed E-state index contributed by atoms with van der Waals surface area (Å²) in [6.07, 6.45) is 9.01. The van der Waals surface area contributed by atoms with Crippen LogP contribution in [0.5, 0.6) is 11.5 Å². The Hall–Kier alpha value is -3.26. The summed E-state index contributed by atoms with van der Waals surface area (Å²) in [7, 11) is 5.13. The van der Waals surface area contributed by atoms with Gasteiger partial charge in [-0.1, -0.05) is 19.9 Å². The molecule has 3 aromatic rings. The lowest BCUT2D eigenvalue weighted by molar-refractivity contribution is 0.147. The summed E-state index contributed by atoms with van der Waals surface area (Å²) < 4.78 is 14.5. The number of nitrogens with one attached hydrogen (secondary N) is 1. The van der Waals surface area contributed by atoms with Gasteiger partial charge in [0.25, 0.3) is 5.56 Å². The van der Waals surface area contributed by atoms with Gasteiger partial charge in [0, 0.05) is 48.6 Å². The van der Waals surface area contributed by atoms with Crippen molar-refractivity contribution >= 4 is 5.69 Å². The van der Waals surface area contributed by atoms with Crippen LogP contribution in [0.4, 0.5) is 5.69 Å². The Bertz CT molecular complexity index is 1240. The Morgan fingerprint density at radius 1 is 1.11 bits per heavy atom. The van der Waals surface area contributed by atoms with Gasteiger partial charge in [-0.2, -0.15) is 5.10 Å². The molecule has 0 aliphatic heterocycles. The van der Waals surface area contributed by atoms with E-state index in [1.54, 1.807) is 23.5 Å². The zero-order valence-electron chi connectivity index (χ0n) is 22.0. The van der Waals surface area contributed by atoms with Crippen molar-refractivity contribution in [3.8, 4) is 22.6 Å². The standard InChI is InChI=1S/C28H38N4O4/c1-19(2)15-32-17-20(21-14-29-31(3)16-21)12-24(27(32)34)30-23-8-10-28(18-33,11-9-23)22-6-7-25(35-4)26(13-22)36-5/h6-7,12-14,16-17,19,23,30,33H,8-11,15,18H2,1-5H3. The lowest BCUT2D eigenvalue weighted by Gasteiger charge is -2.40. The maximum Gasteiger partial charge on any atom is 0.273 e. The fraction of sp³-hybridized carbons (Fsp3) is 0.500. The molecular weight excluding hydrogens is 456 g/mol. The lowest BCUT2D eigenvalue weighted by Crippen LogP contribution is -2.40. The average molecular weight is 495 g/mol. The van der Waals surface area contributed by atoms with Gasteiger partial charge in [-0.3, -0.25) is 9.48 Å². The highest BCUT2D eigenvalue weighted by Gasteiger charge is 2.37. The van der Waals surface area contributed by atoms with Crippen molar-refractivity contribution in [1.29, 1.82) is 0 Å². The first kappa shape index (κ1) is 25.8. The number of hydrogen-bond acceptors (Lipinski definition) is 6. The van der Waals surface area contributed by atoms with E-state index >= 15 is 0 Å². The minimum Gasteiger partial charge on any atom is -0.493 e. The van der Waals surface area contributed by atoms with E-state index in [4.69, 9.17) is 9.47 Å². The second-order valence-electron chi connectivity index (χ2n) is 10.3. The number of aromatic nitrogens is 3. The highest BCUT2D eigenvalue weighted by Crippen LogP contribution is 2.42. The predicted molar refractivity (Wildman–Crippen MR) is 142 cm³/mol. The van der Waals surface area contributed by atoms with Crippen molar-refractivity contribution in [2.45, 2.75) is 57.5 Å². The van der Waals surface area contributed by atoms with Crippen molar-refractivity contribution in [3.05, 3.63) is 58.8 Å². The molecule has 0 bridgehead atoms. The summed E-state index contributed by atoms with van der Waals surface area (Å²) in [4.78, 5) is 13.3. The van der Waals surface area contributed by atoms with Crippen molar-refractivity contribution in [3.63, 3.8) is 0 Å². The van der Waals surface area contributed by atoms with Crippen LogP contribution in [0.15, 0.2) is 47.7 Å². The lowest BCUT2D eigenvalue weighted by atomic mass is 9.68. The van der Waals surface area contributed by atoms with Crippen molar-refractivity contribution in [2.24, 2.45) is 13.0 Å². The average Bonchev–Trinajstić information content (AvgIpc) is 3.32. The van der Waals surface area contributed by atoms with Gasteiger partial charge in [0.05, 0.1) is 27.0 Å². The van der Waals surface area contributed by atoms with E-state index in [0.29, 0.717) is 29.6 Å². The topological polar surface area (TPSA) is 90.5 Å². The fourth-order valence-corrected chi connectivity index (χ4v) is 5.24. The molecule has 2 N–H and O–H groups in total. The van der Waals surface area contributed by atoms with Crippen LogP contribution >= 0.6 is 0 Å². The molecule has 0 spiro atoms. The molecule has 0 atom stereocenters. The Morgan fingerprint density at radius 3 is 2.42 bits per heavy atom. The summed E-state index contributed by atoms with van der Waals surface area (Å²) in [6, 6.07) is 7.99. The number of rotatable bonds is 9. The van der Waals surface area contributed by atoms with E-state index < -0.39 is 0 Å². The maximum atomic E-state index is 13.3. The number of aryl methyl sites for hydroxylation is 1. The van der Waals surface area contributed by atoms with Crippen LogP contribution in [0.3, 0.4) is 0 Å². The second-order valence-corrected chi connectivity index (χ2v) is 10.3. The van der Waals surface area contributed by atoms with Crippen LogP contribution in [0.25, 0.3) is 11.1 Å². The molecule has 1 aliphatic rings. The smallest absolute Gasteiger partial charge is 0.273 e. The molecule has 36 heavy (non-hydrogen) atoms. The van der Waals surface area contributed by atoms with Crippen LogP contribution in [-0.4, -0.2) is 46.3 Å². The fourth-order valence-electron chi connectivity index (χ4n) is 5.24. The summed E-state index contributed by atoms with van der Waals surface area (Å²) in [5, 5.41) is 18.3. The Kier molecular flexibility index (Phi) is 7.73.